The first kappa shape index (κ1) is 9.67. The van der Waals surface area contributed by atoms with Crippen molar-refractivity contribution < 1.29 is 4.21 Å². The minimum atomic E-state index is -0.990. The molecule has 0 fully saturated rings. The van der Waals surface area contributed by atoms with E-state index in [0.717, 1.165) is 10.3 Å². The van der Waals surface area contributed by atoms with Crippen molar-refractivity contribution in [2.24, 2.45) is 0 Å². The van der Waals surface area contributed by atoms with E-state index in [9.17, 15) is 4.21 Å². The number of nitrogens with zero attached hydrogens (tertiary/aromatic N) is 1. The maximum atomic E-state index is 11.0. The molecule has 0 aromatic carbocycles. The van der Waals surface area contributed by atoms with E-state index < -0.39 is 11.0 Å². The zero-order valence-corrected chi connectivity index (χ0v) is 8.98. The second-order valence-electron chi connectivity index (χ2n) is 2.11. The van der Waals surface area contributed by atoms with Crippen LogP contribution in [0, 0.1) is 0 Å². The molecule has 3 nitrogen and oxygen atoms in total. The summed E-state index contributed by atoms with van der Waals surface area (Å²) >= 11 is 3.21. The Balaban J connectivity index is 2.64. The third kappa shape index (κ3) is 2.91. The van der Waals surface area contributed by atoms with E-state index in [1.54, 1.807) is 12.3 Å². The second kappa shape index (κ2) is 4.57. The smallest absolute Gasteiger partial charge is 0.116 e. The lowest BCUT2D eigenvalue weighted by Gasteiger charge is -2.02. The summed E-state index contributed by atoms with van der Waals surface area (Å²) in [7, 11) is -0.990. The fraction of sp³-hybridized carbons (Fsp3) is 0.286. The van der Waals surface area contributed by atoms with Gasteiger partial charge in [-0.15, -0.1) is 0 Å². The quantitative estimate of drug-likeness (QED) is 0.832. The molecule has 1 aromatic heterocycles. The number of anilines is 1. The zero-order chi connectivity index (χ0) is 8.97. The van der Waals surface area contributed by atoms with Gasteiger partial charge in [0.1, 0.15) is 15.6 Å². The van der Waals surface area contributed by atoms with Crippen molar-refractivity contribution in [1.29, 1.82) is 0 Å². The van der Waals surface area contributed by atoms with Crippen molar-refractivity contribution in [2.45, 2.75) is 6.92 Å². The van der Waals surface area contributed by atoms with Gasteiger partial charge in [0.15, 0.2) is 0 Å². The molecule has 1 rings (SSSR count). The Morgan fingerprint density at radius 2 is 2.42 bits per heavy atom. The highest BCUT2D eigenvalue weighted by Crippen LogP contribution is 2.10. The van der Waals surface area contributed by atoms with Gasteiger partial charge in [0, 0.05) is 5.75 Å². The highest BCUT2D eigenvalue weighted by molar-refractivity contribution is 9.10. The molecule has 1 atom stereocenters. The summed E-state index contributed by atoms with van der Waals surface area (Å²) in [5.41, 5.74) is 0.776. The Morgan fingerprint density at radius 1 is 1.67 bits per heavy atom. The summed E-state index contributed by atoms with van der Waals surface area (Å²) < 4.78 is 14.6. The van der Waals surface area contributed by atoms with Gasteiger partial charge in [-0.1, -0.05) is 6.92 Å². The lowest BCUT2D eigenvalue weighted by atomic mass is 10.4. The Bertz CT molecular complexity index is 275. The van der Waals surface area contributed by atoms with Crippen LogP contribution < -0.4 is 4.72 Å². The number of hydrogen-bond donors (Lipinski definition) is 1. The fourth-order valence-electron chi connectivity index (χ4n) is 0.640. The Kier molecular flexibility index (Phi) is 3.68. The van der Waals surface area contributed by atoms with Gasteiger partial charge in [0.25, 0.3) is 0 Å². The van der Waals surface area contributed by atoms with Gasteiger partial charge in [0.05, 0.1) is 11.9 Å². The molecular formula is C7H9BrN2OS. The predicted molar refractivity (Wildman–Crippen MR) is 54.2 cm³/mol. The highest BCUT2D eigenvalue weighted by Gasteiger charge is 1.96. The van der Waals surface area contributed by atoms with Gasteiger partial charge in [-0.3, -0.25) is 0 Å². The maximum Gasteiger partial charge on any atom is 0.116 e. The van der Waals surface area contributed by atoms with Crippen molar-refractivity contribution in [1.82, 2.24) is 4.98 Å². The molecule has 66 valence electrons. The van der Waals surface area contributed by atoms with Crippen LogP contribution in [0.15, 0.2) is 22.9 Å². The van der Waals surface area contributed by atoms with Crippen molar-refractivity contribution >= 4 is 32.6 Å². The van der Waals surface area contributed by atoms with Crippen LogP contribution in [-0.2, 0) is 11.0 Å². The molecule has 0 amide bonds. The van der Waals surface area contributed by atoms with Gasteiger partial charge < -0.3 is 4.72 Å². The van der Waals surface area contributed by atoms with E-state index in [4.69, 9.17) is 0 Å². The molecule has 0 spiro atoms. The molecule has 0 bridgehead atoms. The van der Waals surface area contributed by atoms with Gasteiger partial charge in [-0.05, 0) is 28.1 Å². The first-order valence-corrected chi connectivity index (χ1v) is 5.60. The molecule has 12 heavy (non-hydrogen) atoms. The van der Waals surface area contributed by atoms with E-state index in [-0.39, 0.29) is 0 Å². The van der Waals surface area contributed by atoms with Crippen LogP contribution in [0.2, 0.25) is 0 Å². The molecular weight excluding hydrogens is 240 g/mol. The monoisotopic (exact) mass is 248 g/mol. The third-order valence-electron chi connectivity index (χ3n) is 1.22. The lowest BCUT2D eigenvalue weighted by Crippen LogP contribution is -2.05. The summed E-state index contributed by atoms with van der Waals surface area (Å²) in [5, 5.41) is 0. The molecule has 1 aromatic rings. The normalized spacial score (nSPS) is 12.5. The van der Waals surface area contributed by atoms with Crippen molar-refractivity contribution in [3.05, 3.63) is 22.9 Å². The molecule has 0 aliphatic rings. The Morgan fingerprint density at radius 3 is 2.92 bits per heavy atom. The maximum absolute atomic E-state index is 11.0. The van der Waals surface area contributed by atoms with Gasteiger partial charge in [-0.2, -0.15) is 0 Å². The van der Waals surface area contributed by atoms with E-state index in [1.807, 2.05) is 13.0 Å². The van der Waals surface area contributed by atoms with Crippen molar-refractivity contribution in [2.75, 3.05) is 10.5 Å². The van der Waals surface area contributed by atoms with E-state index in [0.29, 0.717) is 5.75 Å². The van der Waals surface area contributed by atoms with Crippen molar-refractivity contribution in [3.63, 3.8) is 0 Å². The number of hydrogen-bond acceptors (Lipinski definition) is 2. The summed E-state index contributed by atoms with van der Waals surface area (Å²) in [6.45, 7) is 1.86. The molecule has 0 radical (unpaired) electrons. The number of pyridine rings is 1. The van der Waals surface area contributed by atoms with Crippen LogP contribution in [0.1, 0.15) is 6.92 Å². The van der Waals surface area contributed by atoms with Crippen LogP contribution in [0.25, 0.3) is 0 Å². The molecule has 1 N–H and O–H groups in total. The SMILES string of the molecule is CCS(=O)Nc1ccc(Br)nc1. The summed E-state index contributed by atoms with van der Waals surface area (Å²) in [4.78, 5) is 3.99. The van der Waals surface area contributed by atoms with Crippen LogP contribution >= 0.6 is 15.9 Å². The largest absolute Gasteiger partial charge is 0.304 e. The number of nitrogens with one attached hydrogen (secondary N) is 1. The third-order valence-corrected chi connectivity index (χ3v) is 2.68. The number of aromatic nitrogens is 1. The first-order chi connectivity index (χ1) is 5.72. The molecule has 0 aliphatic carbocycles. The molecule has 5 heteroatoms. The van der Waals surface area contributed by atoms with Crippen LogP contribution in [0.4, 0.5) is 5.69 Å². The molecule has 0 saturated heterocycles. The Hall–Kier alpha value is -0.420. The lowest BCUT2D eigenvalue weighted by molar-refractivity contribution is 0.687. The average Bonchev–Trinajstić information content (AvgIpc) is 2.09. The summed E-state index contributed by atoms with van der Waals surface area (Å²) in [6, 6.07) is 3.62. The number of rotatable bonds is 3. The van der Waals surface area contributed by atoms with Crippen LogP contribution in [0.3, 0.4) is 0 Å². The summed E-state index contributed by atoms with van der Waals surface area (Å²) in [5.74, 6) is 0.593. The second-order valence-corrected chi connectivity index (χ2v) is 4.39. The highest BCUT2D eigenvalue weighted by atomic mass is 79.9. The van der Waals surface area contributed by atoms with E-state index in [1.165, 1.54) is 0 Å². The summed E-state index contributed by atoms with van der Waals surface area (Å²) in [6.07, 6.45) is 1.64. The first-order valence-electron chi connectivity index (χ1n) is 3.49. The van der Waals surface area contributed by atoms with Gasteiger partial charge >= 0.3 is 0 Å². The van der Waals surface area contributed by atoms with Gasteiger partial charge in [0.2, 0.25) is 0 Å². The van der Waals surface area contributed by atoms with Crippen LogP contribution in [0.5, 0.6) is 0 Å². The zero-order valence-electron chi connectivity index (χ0n) is 6.58. The van der Waals surface area contributed by atoms with E-state index in [2.05, 4.69) is 25.6 Å². The van der Waals surface area contributed by atoms with Crippen molar-refractivity contribution in [3.8, 4) is 0 Å². The average molecular weight is 249 g/mol. The van der Waals surface area contributed by atoms with Crippen LogP contribution in [-0.4, -0.2) is 14.9 Å². The minimum absolute atomic E-state index is 0.593. The Labute approximate surface area is 82.3 Å². The molecule has 1 unspecified atom stereocenters. The topological polar surface area (TPSA) is 42.0 Å². The predicted octanol–water partition coefficient (Wildman–Crippen LogP) is 1.94. The number of halogens is 1. The van der Waals surface area contributed by atoms with Gasteiger partial charge in [-0.25, -0.2) is 9.19 Å². The molecule has 0 aliphatic heterocycles. The molecule has 0 saturated carbocycles. The standard InChI is InChI=1S/C7H9BrN2OS/c1-2-12(11)10-6-3-4-7(8)9-5-6/h3-5,10H,2H2,1H3. The fourth-order valence-corrected chi connectivity index (χ4v) is 1.40. The minimum Gasteiger partial charge on any atom is -0.304 e. The van der Waals surface area contributed by atoms with E-state index >= 15 is 0 Å². The molecule has 1 heterocycles.